The molecule has 31 heavy (non-hydrogen) atoms. The van der Waals surface area contributed by atoms with Crippen molar-refractivity contribution in [1.29, 1.82) is 0 Å². The highest BCUT2D eigenvalue weighted by Gasteiger charge is 2.34. The van der Waals surface area contributed by atoms with Gasteiger partial charge in [0.25, 0.3) is 0 Å². The van der Waals surface area contributed by atoms with Crippen LogP contribution in [0, 0.1) is 0 Å². The Hall–Kier alpha value is -3.41. The number of anilines is 2. The van der Waals surface area contributed by atoms with Gasteiger partial charge >= 0.3 is 6.18 Å². The molecule has 0 fully saturated rings. The molecule has 4 heterocycles. The van der Waals surface area contributed by atoms with Gasteiger partial charge < -0.3 is 9.88 Å². The summed E-state index contributed by atoms with van der Waals surface area (Å²) in [5, 5.41) is 3.34. The first kappa shape index (κ1) is 20.8. The van der Waals surface area contributed by atoms with Gasteiger partial charge in [0.15, 0.2) is 10.9 Å². The number of pyridine rings is 1. The maximum absolute atomic E-state index is 12.7. The molecular weight excluding hydrogens is 431 g/mol. The number of imidazole rings is 1. The third-order valence-corrected chi connectivity index (χ3v) is 5.70. The summed E-state index contributed by atoms with van der Waals surface area (Å²) in [7, 11) is 1.85. The molecule has 0 bridgehead atoms. The summed E-state index contributed by atoms with van der Waals surface area (Å²) in [6, 6.07) is 1.72. The second-order valence-electron chi connectivity index (χ2n) is 6.93. The number of aromatic nitrogens is 6. The van der Waals surface area contributed by atoms with Gasteiger partial charge in [-0.1, -0.05) is 6.92 Å². The van der Waals surface area contributed by atoms with E-state index in [2.05, 4.69) is 30.2 Å². The standard InChI is InChI=1S/C19H16F3N7OS/c1-10(3-15(30)12-4-14-13(7-23-12)27-9-29(14)2)16-8-26-18(31-16)28-11-5-24-17(25-6-11)19(20,21)22/h4-10H,3H2,1-2H3,(H,26,28). The Bertz CT molecular complexity index is 1230. The first-order chi connectivity index (χ1) is 14.7. The van der Waals surface area contributed by atoms with Crippen LogP contribution in [0.2, 0.25) is 0 Å². The first-order valence-corrected chi connectivity index (χ1v) is 9.94. The van der Waals surface area contributed by atoms with Gasteiger partial charge in [-0.15, -0.1) is 11.3 Å². The van der Waals surface area contributed by atoms with Crippen LogP contribution < -0.4 is 5.32 Å². The molecule has 1 atom stereocenters. The van der Waals surface area contributed by atoms with Crippen LogP contribution in [0.1, 0.15) is 40.5 Å². The van der Waals surface area contributed by atoms with Crippen molar-refractivity contribution in [2.24, 2.45) is 7.05 Å². The average Bonchev–Trinajstić information content (AvgIpc) is 3.34. The van der Waals surface area contributed by atoms with Gasteiger partial charge in [0.2, 0.25) is 5.82 Å². The molecule has 8 nitrogen and oxygen atoms in total. The first-order valence-electron chi connectivity index (χ1n) is 9.13. The number of hydrogen-bond donors (Lipinski definition) is 1. The zero-order valence-electron chi connectivity index (χ0n) is 16.4. The lowest BCUT2D eigenvalue weighted by molar-refractivity contribution is -0.144. The van der Waals surface area contributed by atoms with E-state index in [9.17, 15) is 18.0 Å². The fourth-order valence-electron chi connectivity index (χ4n) is 2.90. The van der Waals surface area contributed by atoms with Gasteiger partial charge in [0.1, 0.15) is 11.2 Å². The highest BCUT2D eigenvalue weighted by molar-refractivity contribution is 7.15. The van der Waals surface area contributed by atoms with Crippen LogP contribution in [-0.4, -0.2) is 35.3 Å². The summed E-state index contributed by atoms with van der Waals surface area (Å²) in [6.07, 6.45) is 2.61. The smallest absolute Gasteiger partial charge is 0.334 e. The Morgan fingerprint density at radius 1 is 1.13 bits per heavy atom. The summed E-state index contributed by atoms with van der Waals surface area (Å²) in [5.74, 6) is -1.42. The summed E-state index contributed by atoms with van der Waals surface area (Å²) < 4.78 is 39.5. The molecule has 1 N–H and O–H groups in total. The minimum Gasteiger partial charge on any atom is -0.334 e. The van der Waals surface area contributed by atoms with Gasteiger partial charge in [-0.25, -0.2) is 19.9 Å². The largest absolute Gasteiger partial charge is 0.451 e. The molecule has 4 aromatic heterocycles. The Morgan fingerprint density at radius 3 is 2.58 bits per heavy atom. The van der Waals surface area contributed by atoms with Crippen LogP contribution in [0.15, 0.2) is 37.2 Å². The monoisotopic (exact) mass is 447 g/mol. The van der Waals surface area contributed by atoms with Crippen LogP contribution in [0.3, 0.4) is 0 Å². The molecule has 0 radical (unpaired) electrons. The third-order valence-electron chi connectivity index (χ3n) is 4.56. The average molecular weight is 447 g/mol. The summed E-state index contributed by atoms with van der Waals surface area (Å²) in [5.41, 5.74) is 2.20. The topological polar surface area (TPSA) is 98.5 Å². The molecule has 0 saturated carbocycles. The molecule has 4 aromatic rings. The molecule has 0 amide bonds. The lowest BCUT2D eigenvalue weighted by Gasteiger charge is -2.08. The minimum absolute atomic E-state index is 0.102. The van der Waals surface area contributed by atoms with Crippen LogP contribution in [0.5, 0.6) is 0 Å². The zero-order chi connectivity index (χ0) is 22.2. The Balaban J connectivity index is 1.42. The van der Waals surface area contributed by atoms with Crippen LogP contribution in [-0.2, 0) is 13.2 Å². The predicted octanol–water partition coefficient (Wildman–Crippen LogP) is 4.35. The molecule has 0 spiro atoms. The van der Waals surface area contributed by atoms with Crippen molar-refractivity contribution in [1.82, 2.24) is 29.5 Å². The normalized spacial score (nSPS) is 12.8. The van der Waals surface area contributed by atoms with E-state index in [-0.39, 0.29) is 23.8 Å². The SMILES string of the molecule is CC(CC(=O)c1cc2c(cn1)ncn2C)c1cnc(Nc2cnc(C(F)(F)F)nc2)s1. The van der Waals surface area contributed by atoms with E-state index in [0.29, 0.717) is 10.8 Å². The molecular formula is C19H16F3N7OS. The number of halogens is 3. The Kier molecular flexibility index (Phi) is 5.39. The van der Waals surface area contributed by atoms with Gasteiger partial charge in [-0.05, 0) is 12.0 Å². The number of Topliss-reactive ketones (excluding diaryl/α,β-unsaturated/α-hetero) is 1. The van der Waals surface area contributed by atoms with Gasteiger partial charge in [0, 0.05) is 24.5 Å². The minimum atomic E-state index is -4.59. The van der Waals surface area contributed by atoms with Crippen molar-refractivity contribution >= 4 is 39.0 Å². The van der Waals surface area contributed by atoms with Gasteiger partial charge in [-0.3, -0.25) is 9.78 Å². The van der Waals surface area contributed by atoms with E-state index in [0.717, 1.165) is 28.3 Å². The molecule has 12 heteroatoms. The van der Waals surface area contributed by atoms with Crippen molar-refractivity contribution in [2.45, 2.75) is 25.4 Å². The van der Waals surface area contributed by atoms with Crippen molar-refractivity contribution in [3.63, 3.8) is 0 Å². The highest BCUT2D eigenvalue weighted by Crippen LogP contribution is 2.31. The number of carbonyl (C=O) groups excluding carboxylic acids is 1. The maximum Gasteiger partial charge on any atom is 0.451 e. The number of nitrogens with zero attached hydrogens (tertiary/aromatic N) is 6. The lowest BCUT2D eigenvalue weighted by atomic mass is 10.0. The number of alkyl halides is 3. The number of fused-ring (bicyclic) bond motifs is 1. The number of nitrogens with one attached hydrogen (secondary N) is 1. The Labute approximate surface area is 178 Å². The maximum atomic E-state index is 12.7. The fourth-order valence-corrected chi connectivity index (χ4v) is 3.79. The summed E-state index contributed by atoms with van der Waals surface area (Å²) in [4.78, 5) is 32.8. The molecule has 160 valence electrons. The summed E-state index contributed by atoms with van der Waals surface area (Å²) >= 11 is 1.30. The molecule has 0 aromatic carbocycles. The van der Waals surface area contributed by atoms with E-state index >= 15 is 0 Å². The van der Waals surface area contributed by atoms with E-state index < -0.39 is 12.0 Å². The number of thiazole rings is 1. The van der Waals surface area contributed by atoms with E-state index in [4.69, 9.17) is 0 Å². The molecule has 0 saturated heterocycles. The number of ketones is 1. The van der Waals surface area contributed by atoms with Gasteiger partial charge in [-0.2, -0.15) is 13.2 Å². The summed E-state index contributed by atoms with van der Waals surface area (Å²) in [6.45, 7) is 1.90. The lowest BCUT2D eigenvalue weighted by Crippen LogP contribution is -2.10. The van der Waals surface area contributed by atoms with E-state index in [1.54, 1.807) is 24.8 Å². The molecule has 0 aliphatic rings. The fraction of sp³-hybridized carbons (Fsp3) is 0.263. The second kappa shape index (κ2) is 8.02. The van der Waals surface area contributed by atoms with Crippen molar-refractivity contribution in [3.8, 4) is 0 Å². The highest BCUT2D eigenvalue weighted by atomic mass is 32.1. The zero-order valence-corrected chi connectivity index (χ0v) is 17.2. The number of rotatable bonds is 6. The number of hydrogen-bond acceptors (Lipinski definition) is 8. The van der Waals surface area contributed by atoms with Crippen molar-refractivity contribution in [2.75, 3.05) is 5.32 Å². The molecule has 0 aliphatic carbocycles. The van der Waals surface area contributed by atoms with Crippen LogP contribution in [0.25, 0.3) is 11.0 Å². The van der Waals surface area contributed by atoms with Crippen LogP contribution >= 0.6 is 11.3 Å². The Morgan fingerprint density at radius 2 is 1.87 bits per heavy atom. The van der Waals surface area contributed by atoms with E-state index in [1.165, 1.54) is 11.3 Å². The second-order valence-corrected chi connectivity index (χ2v) is 7.99. The number of aryl methyl sites for hydroxylation is 1. The van der Waals surface area contributed by atoms with Crippen molar-refractivity contribution in [3.05, 3.63) is 53.6 Å². The van der Waals surface area contributed by atoms with E-state index in [1.807, 2.05) is 18.5 Å². The molecule has 4 rings (SSSR count). The molecule has 1 unspecified atom stereocenters. The van der Waals surface area contributed by atoms with Gasteiger partial charge in [0.05, 0.1) is 36.1 Å². The van der Waals surface area contributed by atoms with Crippen molar-refractivity contribution < 1.29 is 18.0 Å². The van der Waals surface area contributed by atoms with Crippen LogP contribution in [0.4, 0.5) is 24.0 Å². The number of carbonyl (C=O) groups is 1. The third kappa shape index (κ3) is 4.53. The molecule has 0 aliphatic heterocycles. The predicted molar refractivity (Wildman–Crippen MR) is 108 cm³/mol. The quantitative estimate of drug-likeness (QED) is 0.439.